The summed E-state index contributed by atoms with van der Waals surface area (Å²) in [5, 5.41) is 0.141. The zero-order chi connectivity index (χ0) is 10.1. The van der Waals surface area contributed by atoms with E-state index in [1.807, 2.05) is 0 Å². The first-order valence-electron chi connectivity index (χ1n) is 3.86. The van der Waals surface area contributed by atoms with Gasteiger partial charge in [0.15, 0.2) is 5.58 Å². The number of Topliss-reactive ketones (excluding diaryl/α,β-unsaturated/α-hetero) is 1. The Morgan fingerprint density at radius 2 is 2.36 bits per heavy atom. The molecule has 1 aromatic heterocycles. The molecule has 0 fully saturated rings. The van der Waals surface area contributed by atoms with Crippen molar-refractivity contribution in [1.29, 1.82) is 0 Å². The van der Waals surface area contributed by atoms with Crippen LogP contribution in [0.3, 0.4) is 0 Å². The van der Waals surface area contributed by atoms with Gasteiger partial charge in [-0.3, -0.25) is 4.79 Å². The quantitative estimate of drug-likeness (QED) is 0.614. The van der Waals surface area contributed by atoms with Crippen molar-refractivity contribution in [1.82, 2.24) is 4.98 Å². The zero-order valence-electron chi connectivity index (χ0n) is 6.96. The highest BCUT2D eigenvalue weighted by Crippen LogP contribution is 2.17. The lowest BCUT2D eigenvalue weighted by Crippen LogP contribution is -1.99. The van der Waals surface area contributed by atoms with Gasteiger partial charge in [0.05, 0.1) is 5.33 Å². The number of ketones is 1. The molecule has 3 nitrogen and oxygen atoms in total. The molecule has 0 aliphatic rings. The predicted octanol–water partition coefficient (Wildman–Crippen LogP) is 2.54. The Bertz CT molecular complexity index is 495. The largest absolute Gasteiger partial charge is 0.434 e. The van der Waals surface area contributed by atoms with E-state index in [0.717, 1.165) is 0 Å². The zero-order valence-corrected chi connectivity index (χ0v) is 8.54. The minimum absolute atomic E-state index is 0.00229. The monoisotopic (exact) mass is 257 g/mol. The molecule has 0 N–H and O–H groups in total. The van der Waals surface area contributed by atoms with Crippen molar-refractivity contribution >= 4 is 32.8 Å². The molecule has 5 heteroatoms. The molecule has 14 heavy (non-hydrogen) atoms. The van der Waals surface area contributed by atoms with Crippen LogP contribution < -0.4 is 0 Å². The van der Waals surface area contributed by atoms with Crippen molar-refractivity contribution < 1.29 is 13.6 Å². The summed E-state index contributed by atoms with van der Waals surface area (Å²) in [5.41, 5.74) is 0.769. The molecule has 2 rings (SSSR count). The Morgan fingerprint density at radius 3 is 3.07 bits per heavy atom. The average molecular weight is 258 g/mol. The first-order valence-corrected chi connectivity index (χ1v) is 4.98. The van der Waals surface area contributed by atoms with Crippen LogP contribution in [0.25, 0.3) is 11.1 Å². The average Bonchev–Trinajstić information content (AvgIpc) is 2.59. The number of fused-ring (bicyclic) bond motifs is 1. The normalized spacial score (nSPS) is 10.7. The summed E-state index contributed by atoms with van der Waals surface area (Å²) in [7, 11) is 0. The van der Waals surface area contributed by atoms with Crippen LogP contribution in [0.1, 0.15) is 10.7 Å². The van der Waals surface area contributed by atoms with Gasteiger partial charge in [0, 0.05) is 6.07 Å². The third-order valence-electron chi connectivity index (χ3n) is 1.71. The molecule has 0 aliphatic carbocycles. The summed E-state index contributed by atoms with van der Waals surface area (Å²) in [6.45, 7) is 0. The van der Waals surface area contributed by atoms with Crippen LogP contribution >= 0.6 is 15.9 Å². The van der Waals surface area contributed by atoms with Gasteiger partial charge in [-0.25, -0.2) is 9.37 Å². The molecule has 0 radical (unpaired) electrons. The van der Waals surface area contributed by atoms with Crippen LogP contribution in [-0.4, -0.2) is 16.1 Å². The molecule has 0 unspecified atom stereocenters. The van der Waals surface area contributed by atoms with E-state index >= 15 is 0 Å². The minimum atomic E-state index is -0.399. The predicted molar refractivity (Wildman–Crippen MR) is 52.1 cm³/mol. The van der Waals surface area contributed by atoms with E-state index in [2.05, 4.69) is 20.9 Å². The summed E-state index contributed by atoms with van der Waals surface area (Å²) in [4.78, 5) is 15.0. The van der Waals surface area contributed by atoms with E-state index in [0.29, 0.717) is 11.1 Å². The van der Waals surface area contributed by atoms with E-state index in [-0.39, 0.29) is 17.0 Å². The van der Waals surface area contributed by atoms with E-state index in [4.69, 9.17) is 4.42 Å². The number of nitrogens with zero attached hydrogens (tertiary/aromatic N) is 1. The van der Waals surface area contributed by atoms with Gasteiger partial charge >= 0.3 is 0 Å². The van der Waals surface area contributed by atoms with Gasteiger partial charge in [0.1, 0.15) is 11.3 Å². The van der Waals surface area contributed by atoms with Crippen molar-refractivity contribution in [2.24, 2.45) is 0 Å². The number of halogens is 2. The number of hydrogen-bond donors (Lipinski definition) is 0. The van der Waals surface area contributed by atoms with Crippen molar-refractivity contribution in [3.8, 4) is 0 Å². The second-order valence-electron chi connectivity index (χ2n) is 2.69. The molecule has 1 aromatic carbocycles. The third-order valence-corrected chi connectivity index (χ3v) is 2.22. The van der Waals surface area contributed by atoms with Crippen molar-refractivity contribution in [3.63, 3.8) is 0 Å². The van der Waals surface area contributed by atoms with Gasteiger partial charge in [-0.15, -0.1) is 0 Å². The molecule has 1 heterocycles. The Labute approximate surface area is 87.1 Å². The molecule has 0 saturated carbocycles. The molecule has 0 amide bonds. The van der Waals surface area contributed by atoms with Gasteiger partial charge in [0.25, 0.3) is 5.89 Å². The Kier molecular flexibility index (Phi) is 2.33. The van der Waals surface area contributed by atoms with Crippen molar-refractivity contribution in [3.05, 3.63) is 29.9 Å². The van der Waals surface area contributed by atoms with Gasteiger partial charge < -0.3 is 4.42 Å². The van der Waals surface area contributed by atoms with Crippen molar-refractivity contribution in [2.45, 2.75) is 0 Å². The fourth-order valence-corrected chi connectivity index (χ4v) is 1.32. The second-order valence-corrected chi connectivity index (χ2v) is 3.25. The molecule has 72 valence electrons. The van der Waals surface area contributed by atoms with E-state index in [9.17, 15) is 9.18 Å². The van der Waals surface area contributed by atoms with Crippen LogP contribution in [0.15, 0.2) is 22.6 Å². The summed E-state index contributed by atoms with van der Waals surface area (Å²) in [5.74, 6) is -0.660. The van der Waals surface area contributed by atoms with E-state index < -0.39 is 5.82 Å². The SMILES string of the molecule is O=C(CBr)c1nc2cc(F)ccc2o1. The van der Waals surface area contributed by atoms with Gasteiger partial charge in [0.2, 0.25) is 5.78 Å². The number of aromatic nitrogens is 1. The maximum absolute atomic E-state index is 12.8. The summed E-state index contributed by atoms with van der Waals surface area (Å²) in [6.07, 6.45) is 0. The highest BCUT2D eigenvalue weighted by Gasteiger charge is 2.12. The molecule has 0 bridgehead atoms. The first kappa shape index (κ1) is 9.33. The van der Waals surface area contributed by atoms with Crippen LogP contribution in [0.5, 0.6) is 0 Å². The van der Waals surface area contributed by atoms with Crippen LogP contribution in [0.2, 0.25) is 0 Å². The maximum Gasteiger partial charge on any atom is 0.265 e. The van der Waals surface area contributed by atoms with Crippen LogP contribution in [0.4, 0.5) is 4.39 Å². The number of alkyl halides is 1. The smallest absolute Gasteiger partial charge is 0.265 e. The fourth-order valence-electron chi connectivity index (χ4n) is 1.08. The summed E-state index contributed by atoms with van der Waals surface area (Å²) in [6, 6.07) is 3.93. The number of oxazole rings is 1. The molecule has 0 aliphatic heterocycles. The molecular formula is C9H5BrFNO2. The summed E-state index contributed by atoms with van der Waals surface area (Å²) >= 11 is 3.00. The highest BCUT2D eigenvalue weighted by molar-refractivity contribution is 9.09. The topological polar surface area (TPSA) is 43.1 Å². The molecular weight excluding hydrogens is 253 g/mol. The lowest BCUT2D eigenvalue weighted by molar-refractivity contribution is 0.0989. The molecule has 2 aromatic rings. The standard InChI is InChI=1S/C9H5BrFNO2/c10-4-7(13)9-12-6-3-5(11)1-2-8(6)14-9/h1-3H,4H2. The van der Waals surface area contributed by atoms with Gasteiger partial charge in [-0.2, -0.15) is 0 Å². The van der Waals surface area contributed by atoms with E-state index in [1.54, 1.807) is 0 Å². The van der Waals surface area contributed by atoms with Crippen LogP contribution in [-0.2, 0) is 0 Å². The fraction of sp³-hybridized carbons (Fsp3) is 0.111. The second kappa shape index (κ2) is 3.49. The lowest BCUT2D eigenvalue weighted by atomic mass is 10.3. The lowest BCUT2D eigenvalue weighted by Gasteiger charge is -1.85. The van der Waals surface area contributed by atoms with Crippen LogP contribution in [0, 0.1) is 5.82 Å². The molecule has 0 atom stereocenters. The third kappa shape index (κ3) is 1.55. The number of carbonyl (C=O) groups is 1. The Hall–Kier alpha value is -1.23. The van der Waals surface area contributed by atoms with Crippen molar-refractivity contribution in [2.75, 3.05) is 5.33 Å². The Balaban J connectivity index is 2.56. The minimum Gasteiger partial charge on any atom is -0.434 e. The van der Waals surface area contributed by atoms with E-state index in [1.165, 1.54) is 18.2 Å². The number of hydrogen-bond acceptors (Lipinski definition) is 3. The number of carbonyl (C=O) groups excluding carboxylic acids is 1. The Morgan fingerprint density at radius 1 is 1.57 bits per heavy atom. The summed E-state index contributed by atoms with van der Waals surface area (Å²) < 4.78 is 17.9. The maximum atomic E-state index is 12.8. The number of benzene rings is 1. The van der Waals surface area contributed by atoms with Gasteiger partial charge in [-0.05, 0) is 12.1 Å². The molecule has 0 spiro atoms. The first-order chi connectivity index (χ1) is 6.70. The highest BCUT2D eigenvalue weighted by atomic mass is 79.9. The van der Waals surface area contributed by atoms with Gasteiger partial charge in [-0.1, -0.05) is 15.9 Å². The molecule has 0 saturated heterocycles. The number of rotatable bonds is 2.